The van der Waals surface area contributed by atoms with Crippen molar-refractivity contribution in [1.82, 2.24) is 0 Å². The second-order valence-electron chi connectivity index (χ2n) is 9.15. The number of halogens is 1. The predicted octanol–water partition coefficient (Wildman–Crippen LogP) is 7.28. The number of methoxy groups -OCH3 is 4. The van der Waals surface area contributed by atoms with Gasteiger partial charge in [0.15, 0.2) is 23.0 Å². The summed E-state index contributed by atoms with van der Waals surface area (Å²) in [5.41, 5.74) is 5.67. The molecule has 0 spiro atoms. The van der Waals surface area contributed by atoms with E-state index < -0.39 is 0 Å². The molecular weight excluding hydrogens is 532 g/mol. The standard InChI is InChI=1S/C30H31BrN2O4/c1-34-25-14-8-19(17-27(25)36-3)16-20-6-5-7-24-29(20)32-33(23-12-10-22(31)11-13-23)30(24)21-9-15-26(35-2)28(18-21)37-4/h8-18,24,30H,5-7H2,1-4H3/b20-16+. The van der Waals surface area contributed by atoms with E-state index in [0.717, 1.165) is 69.3 Å². The second kappa shape index (κ2) is 10.9. The Bertz CT molecular complexity index is 1340. The zero-order valence-electron chi connectivity index (χ0n) is 21.5. The molecular formula is C30H31BrN2O4. The Labute approximate surface area is 226 Å². The Kier molecular flexibility index (Phi) is 7.42. The number of hydrogen-bond acceptors (Lipinski definition) is 6. The molecule has 1 aliphatic carbocycles. The van der Waals surface area contributed by atoms with Gasteiger partial charge in [0, 0.05) is 10.4 Å². The van der Waals surface area contributed by atoms with Crippen LogP contribution in [0.1, 0.15) is 36.4 Å². The minimum Gasteiger partial charge on any atom is -0.493 e. The third kappa shape index (κ3) is 4.92. The molecule has 0 saturated heterocycles. The van der Waals surface area contributed by atoms with Crippen LogP contribution in [0.25, 0.3) is 6.08 Å². The molecule has 6 nitrogen and oxygen atoms in total. The molecule has 2 aliphatic rings. The Balaban J connectivity index is 1.59. The molecule has 2 unspecified atom stereocenters. The van der Waals surface area contributed by atoms with Gasteiger partial charge in [-0.3, -0.25) is 5.01 Å². The molecule has 0 aromatic heterocycles. The molecule has 7 heteroatoms. The van der Waals surface area contributed by atoms with Gasteiger partial charge in [-0.2, -0.15) is 5.10 Å². The van der Waals surface area contributed by atoms with Gasteiger partial charge in [0.1, 0.15) is 0 Å². The lowest BCUT2D eigenvalue weighted by Crippen LogP contribution is -2.28. The number of fused-ring (bicyclic) bond motifs is 1. The highest BCUT2D eigenvalue weighted by molar-refractivity contribution is 9.10. The number of ether oxygens (including phenoxy) is 4. The summed E-state index contributed by atoms with van der Waals surface area (Å²) in [6.45, 7) is 0. The summed E-state index contributed by atoms with van der Waals surface area (Å²) in [4.78, 5) is 0. The van der Waals surface area contributed by atoms with E-state index in [9.17, 15) is 0 Å². The second-order valence-corrected chi connectivity index (χ2v) is 10.1. The van der Waals surface area contributed by atoms with E-state index in [0.29, 0.717) is 0 Å². The van der Waals surface area contributed by atoms with E-state index in [1.54, 1.807) is 28.4 Å². The van der Waals surface area contributed by atoms with Crippen molar-refractivity contribution in [3.8, 4) is 23.0 Å². The van der Waals surface area contributed by atoms with E-state index in [1.807, 2.05) is 18.2 Å². The van der Waals surface area contributed by atoms with Crippen molar-refractivity contribution >= 4 is 33.4 Å². The average molecular weight is 563 g/mol. The summed E-state index contributed by atoms with van der Waals surface area (Å²) >= 11 is 3.57. The smallest absolute Gasteiger partial charge is 0.161 e. The highest BCUT2D eigenvalue weighted by Gasteiger charge is 2.42. The topological polar surface area (TPSA) is 52.5 Å². The number of hydrazone groups is 1. The lowest BCUT2D eigenvalue weighted by Gasteiger charge is -2.31. The zero-order chi connectivity index (χ0) is 25.9. The van der Waals surface area contributed by atoms with Crippen LogP contribution in [0.4, 0.5) is 5.69 Å². The minimum absolute atomic E-state index is 0.0464. The summed E-state index contributed by atoms with van der Waals surface area (Å²) in [6.07, 6.45) is 5.38. The Morgan fingerprint density at radius 1 is 0.811 bits per heavy atom. The molecule has 5 rings (SSSR count). The van der Waals surface area contributed by atoms with Crippen LogP contribution in [0.15, 0.2) is 75.8 Å². The molecule has 1 heterocycles. The summed E-state index contributed by atoms with van der Waals surface area (Å²) < 4.78 is 23.1. The van der Waals surface area contributed by atoms with Gasteiger partial charge < -0.3 is 18.9 Å². The molecule has 0 radical (unpaired) electrons. The first-order valence-corrected chi connectivity index (χ1v) is 13.1. The molecule has 1 saturated carbocycles. The van der Waals surface area contributed by atoms with Gasteiger partial charge in [-0.25, -0.2) is 0 Å². The third-order valence-electron chi connectivity index (χ3n) is 7.09. The van der Waals surface area contributed by atoms with Crippen LogP contribution in [-0.2, 0) is 0 Å². The quantitative estimate of drug-likeness (QED) is 0.302. The van der Waals surface area contributed by atoms with E-state index >= 15 is 0 Å². The van der Waals surface area contributed by atoms with Gasteiger partial charge in [0.05, 0.1) is 45.9 Å². The number of hydrogen-bond donors (Lipinski definition) is 0. The molecule has 192 valence electrons. The van der Waals surface area contributed by atoms with E-state index in [1.165, 1.54) is 5.57 Å². The maximum absolute atomic E-state index is 5.65. The number of benzene rings is 3. The summed E-state index contributed by atoms with van der Waals surface area (Å²) in [5, 5.41) is 7.43. The van der Waals surface area contributed by atoms with Crippen molar-refractivity contribution in [2.75, 3.05) is 33.4 Å². The third-order valence-corrected chi connectivity index (χ3v) is 7.62. The van der Waals surface area contributed by atoms with Gasteiger partial charge in [-0.1, -0.05) is 28.1 Å². The summed E-state index contributed by atoms with van der Waals surface area (Å²) in [7, 11) is 6.65. The maximum Gasteiger partial charge on any atom is 0.161 e. The molecule has 37 heavy (non-hydrogen) atoms. The first kappa shape index (κ1) is 25.2. The fourth-order valence-electron chi connectivity index (χ4n) is 5.32. The van der Waals surface area contributed by atoms with Crippen molar-refractivity contribution < 1.29 is 18.9 Å². The minimum atomic E-state index is 0.0464. The Morgan fingerprint density at radius 3 is 2.14 bits per heavy atom. The first-order chi connectivity index (χ1) is 18.1. The van der Waals surface area contributed by atoms with Crippen molar-refractivity contribution in [1.29, 1.82) is 0 Å². The molecule has 1 aliphatic heterocycles. The van der Waals surface area contributed by atoms with Crippen molar-refractivity contribution in [2.24, 2.45) is 11.0 Å². The molecule has 0 amide bonds. The maximum atomic E-state index is 5.65. The van der Waals surface area contributed by atoms with E-state index in [2.05, 4.69) is 69.5 Å². The number of anilines is 1. The van der Waals surface area contributed by atoms with E-state index in [-0.39, 0.29) is 12.0 Å². The van der Waals surface area contributed by atoms with Crippen LogP contribution in [-0.4, -0.2) is 34.2 Å². The molecule has 1 fully saturated rings. The fourth-order valence-corrected chi connectivity index (χ4v) is 5.59. The number of rotatable bonds is 7. The highest BCUT2D eigenvalue weighted by atomic mass is 79.9. The average Bonchev–Trinajstić information content (AvgIpc) is 3.33. The van der Waals surface area contributed by atoms with Crippen LogP contribution >= 0.6 is 15.9 Å². The van der Waals surface area contributed by atoms with Gasteiger partial charge in [-0.15, -0.1) is 0 Å². The predicted molar refractivity (Wildman–Crippen MR) is 151 cm³/mol. The van der Waals surface area contributed by atoms with Crippen LogP contribution in [0.5, 0.6) is 23.0 Å². The Morgan fingerprint density at radius 2 is 1.46 bits per heavy atom. The van der Waals surface area contributed by atoms with Gasteiger partial charge in [0.2, 0.25) is 0 Å². The largest absolute Gasteiger partial charge is 0.493 e. The van der Waals surface area contributed by atoms with Crippen LogP contribution < -0.4 is 24.0 Å². The lowest BCUT2D eigenvalue weighted by molar-refractivity contribution is 0.353. The molecule has 3 aromatic carbocycles. The van der Waals surface area contributed by atoms with Crippen molar-refractivity contribution in [3.05, 3.63) is 81.8 Å². The zero-order valence-corrected chi connectivity index (χ0v) is 23.1. The molecule has 0 N–H and O–H groups in total. The molecule has 3 aromatic rings. The monoisotopic (exact) mass is 562 g/mol. The SMILES string of the molecule is COc1ccc(/C=C2\CCCC3C2=NN(c2ccc(Br)cc2)C3c2ccc(OC)c(OC)c2)cc1OC. The fraction of sp³-hybridized carbons (Fsp3) is 0.300. The van der Waals surface area contributed by atoms with Crippen molar-refractivity contribution in [2.45, 2.75) is 25.3 Å². The van der Waals surface area contributed by atoms with Crippen LogP contribution in [0.2, 0.25) is 0 Å². The number of nitrogens with zero attached hydrogens (tertiary/aromatic N) is 2. The highest BCUT2D eigenvalue weighted by Crippen LogP contribution is 2.47. The normalized spacial score (nSPS) is 19.9. The van der Waals surface area contributed by atoms with Gasteiger partial charge >= 0.3 is 0 Å². The summed E-state index contributed by atoms with van der Waals surface area (Å²) in [6, 6.07) is 20.6. The van der Waals surface area contributed by atoms with Crippen LogP contribution in [0, 0.1) is 5.92 Å². The molecule has 0 bridgehead atoms. The number of allylic oxidation sites excluding steroid dienone is 1. The Hall–Kier alpha value is -3.45. The lowest BCUT2D eigenvalue weighted by atomic mass is 9.77. The van der Waals surface area contributed by atoms with Gasteiger partial charge in [0.25, 0.3) is 0 Å². The van der Waals surface area contributed by atoms with Crippen LogP contribution in [0.3, 0.4) is 0 Å². The first-order valence-electron chi connectivity index (χ1n) is 12.3. The summed E-state index contributed by atoms with van der Waals surface area (Å²) in [5.74, 6) is 3.14. The van der Waals surface area contributed by atoms with E-state index in [4.69, 9.17) is 24.0 Å². The van der Waals surface area contributed by atoms with Crippen molar-refractivity contribution in [3.63, 3.8) is 0 Å². The van der Waals surface area contributed by atoms with Gasteiger partial charge in [-0.05, 0) is 90.6 Å². The molecule has 2 atom stereocenters.